The van der Waals surface area contributed by atoms with Crippen molar-refractivity contribution in [1.82, 2.24) is 4.90 Å². The number of likely N-dealkylation sites (tertiary alicyclic amines) is 1. The third kappa shape index (κ3) is 4.92. The highest BCUT2D eigenvalue weighted by molar-refractivity contribution is 6.46. The van der Waals surface area contributed by atoms with E-state index in [0.29, 0.717) is 35.8 Å². The van der Waals surface area contributed by atoms with Gasteiger partial charge in [-0.05, 0) is 44.0 Å². The molecule has 1 unspecified atom stereocenters. The van der Waals surface area contributed by atoms with Crippen LogP contribution < -0.4 is 9.47 Å². The third-order valence-corrected chi connectivity index (χ3v) is 5.94. The summed E-state index contributed by atoms with van der Waals surface area (Å²) in [6.45, 7) is 6.83. The summed E-state index contributed by atoms with van der Waals surface area (Å²) in [7, 11) is 0. The van der Waals surface area contributed by atoms with Gasteiger partial charge in [-0.3, -0.25) is 9.59 Å². The number of nitrogens with zero attached hydrogens (tertiary/aromatic N) is 1. The fourth-order valence-corrected chi connectivity index (χ4v) is 4.27. The molecule has 6 nitrogen and oxygen atoms in total. The molecule has 180 valence electrons. The van der Waals surface area contributed by atoms with Gasteiger partial charge in [0, 0.05) is 12.1 Å². The van der Waals surface area contributed by atoms with Gasteiger partial charge in [0.15, 0.2) is 11.5 Å². The van der Waals surface area contributed by atoms with Crippen LogP contribution in [0.5, 0.6) is 11.5 Å². The van der Waals surface area contributed by atoms with Crippen LogP contribution in [0.25, 0.3) is 5.76 Å². The number of aliphatic hydroxyl groups is 1. The lowest BCUT2D eigenvalue weighted by atomic mass is 9.94. The number of hydrogen-bond donors (Lipinski definition) is 1. The zero-order valence-corrected chi connectivity index (χ0v) is 20.2. The summed E-state index contributed by atoms with van der Waals surface area (Å²) >= 11 is 0. The zero-order valence-electron chi connectivity index (χ0n) is 20.2. The average Bonchev–Trinajstić information content (AvgIpc) is 3.11. The second-order valence-corrected chi connectivity index (χ2v) is 8.35. The fourth-order valence-electron chi connectivity index (χ4n) is 4.27. The monoisotopic (exact) mass is 471 g/mol. The largest absolute Gasteiger partial charge is 0.507 e. The Hall–Kier alpha value is -4.06. The minimum absolute atomic E-state index is 0.0568. The molecular formula is C29H29NO5. The highest BCUT2D eigenvalue weighted by Crippen LogP contribution is 2.42. The summed E-state index contributed by atoms with van der Waals surface area (Å²) in [5.41, 5.74) is 3.09. The minimum Gasteiger partial charge on any atom is -0.507 e. The number of aliphatic hydroxyl groups excluding tert-OH is 1. The molecule has 0 bridgehead atoms. The maximum absolute atomic E-state index is 13.3. The molecule has 1 heterocycles. The molecule has 35 heavy (non-hydrogen) atoms. The minimum atomic E-state index is -0.786. The topological polar surface area (TPSA) is 76.1 Å². The molecule has 1 fully saturated rings. The van der Waals surface area contributed by atoms with Crippen LogP contribution >= 0.6 is 0 Å². The van der Waals surface area contributed by atoms with Crippen molar-refractivity contribution in [1.29, 1.82) is 0 Å². The molecule has 3 aromatic rings. The second kappa shape index (κ2) is 10.5. The smallest absolute Gasteiger partial charge is 0.295 e. The van der Waals surface area contributed by atoms with Gasteiger partial charge in [0.25, 0.3) is 11.7 Å². The van der Waals surface area contributed by atoms with Crippen molar-refractivity contribution in [3.8, 4) is 11.5 Å². The van der Waals surface area contributed by atoms with E-state index < -0.39 is 17.7 Å². The molecule has 6 heteroatoms. The Morgan fingerprint density at radius 2 is 1.54 bits per heavy atom. The van der Waals surface area contributed by atoms with Crippen LogP contribution in [0, 0.1) is 6.92 Å². The maximum atomic E-state index is 13.3. The number of benzene rings is 3. The van der Waals surface area contributed by atoms with Gasteiger partial charge in [-0.15, -0.1) is 0 Å². The number of aryl methyl sites for hydroxylation is 1. The fraction of sp³-hybridized carbons (Fsp3) is 0.241. The Balaban J connectivity index is 1.88. The highest BCUT2D eigenvalue weighted by atomic mass is 16.5. The van der Waals surface area contributed by atoms with Gasteiger partial charge in [0.2, 0.25) is 0 Å². The Kier molecular flexibility index (Phi) is 7.20. The van der Waals surface area contributed by atoms with Crippen molar-refractivity contribution in [2.45, 2.75) is 33.4 Å². The summed E-state index contributed by atoms with van der Waals surface area (Å²) in [6.07, 6.45) is 0. The summed E-state index contributed by atoms with van der Waals surface area (Å²) < 4.78 is 11.5. The molecule has 1 atom stereocenters. The van der Waals surface area contributed by atoms with E-state index in [9.17, 15) is 14.7 Å². The number of rotatable bonds is 8. The molecule has 0 radical (unpaired) electrons. The van der Waals surface area contributed by atoms with Crippen LogP contribution in [0.4, 0.5) is 0 Å². The molecule has 0 spiro atoms. The van der Waals surface area contributed by atoms with Gasteiger partial charge >= 0.3 is 0 Å². The molecule has 0 aliphatic carbocycles. The van der Waals surface area contributed by atoms with Crippen LogP contribution in [0.15, 0.2) is 78.4 Å². The number of carbonyl (C=O) groups is 2. The highest BCUT2D eigenvalue weighted by Gasteiger charge is 2.46. The Morgan fingerprint density at radius 1 is 0.886 bits per heavy atom. The van der Waals surface area contributed by atoms with E-state index in [1.165, 1.54) is 4.90 Å². The van der Waals surface area contributed by atoms with E-state index in [4.69, 9.17) is 9.47 Å². The lowest BCUT2D eigenvalue weighted by Gasteiger charge is -2.26. The van der Waals surface area contributed by atoms with Crippen LogP contribution in [-0.2, 0) is 16.1 Å². The van der Waals surface area contributed by atoms with Crippen molar-refractivity contribution in [3.05, 3.63) is 101 Å². The maximum Gasteiger partial charge on any atom is 0.295 e. The Morgan fingerprint density at radius 3 is 2.20 bits per heavy atom. The number of amides is 1. The molecule has 1 saturated heterocycles. The number of Topliss-reactive ketones (excluding diaryl/α,β-unsaturated/α-hetero) is 1. The first-order chi connectivity index (χ1) is 16.9. The van der Waals surface area contributed by atoms with Crippen LogP contribution in [0.2, 0.25) is 0 Å². The van der Waals surface area contributed by atoms with Gasteiger partial charge in [-0.25, -0.2) is 0 Å². The Labute approximate surface area is 205 Å². The molecule has 3 aromatic carbocycles. The lowest BCUT2D eigenvalue weighted by Crippen LogP contribution is -2.29. The van der Waals surface area contributed by atoms with Gasteiger partial charge in [0.05, 0.1) is 24.8 Å². The van der Waals surface area contributed by atoms with Crippen molar-refractivity contribution in [2.24, 2.45) is 0 Å². The SMILES string of the molecule is CCOc1ccc(C2/C(=C(\O)c3ccc(C)cc3)C(=O)C(=O)N2Cc2ccccc2)cc1OCC. The van der Waals surface area contributed by atoms with E-state index in [1.807, 2.05) is 69.3 Å². The summed E-state index contributed by atoms with van der Waals surface area (Å²) in [6, 6.07) is 21.3. The molecule has 1 aliphatic heterocycles. The van der Waals surface area contributed by atoms with Gasteiger partial charge in [-0.1, -0.05) is 66.2 Å². The lowest BCUT2D eigenvalue weighted by molar-refractivity contribution is -0.140. The normalized spacial score (nSPS) is 17.0. The van der Waals surface area contributed by atoms with Crippen molar-refractivity contribution in [2.75, 3.05) is 13.2 Å². The van der Waals surface area contributed by atoms with E-state index in [1.54, 1.807) is 24.3 Å². The number of ketones is 1. The van der Waals surface area contributed by atoms with Crippen LogP contribution in [-0.4, -0.2) is 34.9 Å². The first-order valence-corrected chi connectivity index (χ1v) is 11.7. The van der Waals surface area contributed by atoms with E-state index in [-0.39, 0.29) is 17.9 Å². The molecule has 0 aromatic heterocycles. The molecule has 1 N–H and O–H groups in total. The van der Waals surface area contributed by atoms with E-state index >= 15 is 0 Å². The molecule has 1 amide bonds. The molecular weight excluding hydrogens is 442 g/mol. The summed E-state index contributed by atoms with van der Waals surface area (Å²) in [4.78, 5) is 28.0. The van der Waals surface area contributed by atoms with Gasteiger partial charge in [-0.2, -0.15) is 0 Å². The first kappa shape index (κ1) is 24.1. The van der Waals surface area contributed by atoms with Gasteiger partial charge in [0.1, 0.15) is 5.76 Å². The van der Waals surface area contributed by atoms with Gasteiger partial charge < -0.3 is 19.5 Å². The number of ether oxygens (including phenoxy) is 2. The second-order valence-electron chi connectivity index (χ2n) is 8.35. The van der Waals surface area contributed by atoms with Crippen molar-refractivity contribution >= 4 is 17.4 Å². The summed E-state index contributed by atoms with van der Waals surface area (Å²) in [5, 5.41) is 11.3. The standard InChI is InChI=1S/C29H29NO5/c1-4-34-23-16-15-22(17-24(23)35-5-2)26-25(27(31)21-13-11-19(3)12-14-21)28(32)29(33)30(26)18-20-9-7-6-8-10-20/h6-17,26,31H,4-5,18H2,1-3H3/b27-25+. The molecule has 1 aliphatic rings. The summed E-state index contributed by atoms with van der Waals surface area (Å²) in [5.74, 6) is -0.463. The average molecular weight is 472 g/mol. The van der Waals surface area contributed by atoms with Crippen LogP contribution in [0.1, 0.15) is 42.1 Å². The predicted octanol–water partition coefficient (Wildman–Crippen LogP) is 5.41. The van der Waals surface area contributed by atoms with Crippen LogP contribution in [0.3, 0.4) is 0 Å². The molecule has 0 saturated carbocycles. The molecule has 4 rings (SSSR count). The Bertz CT molecular complexity index is 1250. The first-order valence-electron chi connectivity index (χ1n) is 11.7. The predicted molar refractivity (Wildman–Crippen MR) is 134 cm³/mol. The third-order valence-electron chi connectivity index (χ3n) is 5.94. The zero-order chi connectivity index (χ0) is 24.9. The van der Waals surface area contributed by atoms with E-state index in [0.717, 1.165) is 11.1 Å². The quantitative estimate of drug-likeness (QED) is 0.270. The van der Waals surface area contributed by atoms with Crippen molar-refractivity contribution in [3.63, 3.8) is 0 Å². The number of carbonyl (C=O) groups excluding carboxylic acids is 2. The number of hydrogen-bond acceptors (Lipinski definition) is 5. The van der Waals surface area contributed by atoms with E-state index in [2.05, 4.69) is 0 Å². The van der Waals surface area contributed by atoms with Crippen molar-refractivity contribution < 1.29 is 24.2 Å².